The van der Waals surface area contributed by atoms with Crippen LogP contribution >= 0.6 is 22.6 Å². The predicted octanol–water partition coefficient (Wildman–Crippen LogP) is 3.79. The van der Waals surface area contributed by atoms with Crippen molar-refractivity contribution in [1.29, 1.82) is 0 Å². The maximum Gasteiger partial charge on any atom is 0.133 e. The Morgan fingerprint density at radius 3 is 2.79 bits per heavy atom. The van der Waals surface area contributed by atoms with Crippen LogP contribution in [0.5, 0.6) is 0 Å². The van der Waals surface area contributed by atoms with Crippen molar-refractivity contribution in [2.75, 3.05) is 11.9 Å². The van der Waals surface area contributed by atoms with Crippen LogP contribution in [0.4, 0.5) is 5.82 Å². The van der Waals surface area contributed by atoms with Gasteiger partial charge in [-0.3, -0.25) is 0 Å². The molecule has 3 rings (SSSR count). The summed E-state index contributed by atoms with van der Waals surface area (Å²) >= 11 is 2.33. The van der Waals surface area contributed by atoms with Gasteiger partial charge >= 0.3 is 0 Å². The van der Waals surface area contributed by atoms with Crippen LogP contribution in [0, 0.1) is 3.57 Å². The molecule has 1 aliphatic heterocycles. The lowest BCUT2D eigenvalue weighted by Crippen LogP contribution is -2.07. The van der Waals surface area contributed by atoms with Gasteiger partial charge in [-0.1, -0.05) is 6.92 Å². The Bertz CT molecular complexity index is 572. The largest absolute Gasteiger partial charge is 0.370 e. The van der Waals surface area contributed by atoms with E-state index in [-0.39, 0.29) is 0 Å². The first-order valence-corrected chi connectivity index (χ1v) is 7.98. The van der Waals surface area contributed by atoms with E-state index in [1.54, 1.807) is 0 Å². The highest BCUT2D eigenvalue weighted by Crippen LogP contribution is 2.28. The van der Waals surface area contributed by atoms with Gasteiger partial charge in [0.25, 0.3) is 0 Å². The molecule has 0 bridgehead atoms. The van der Waals surface area contributed by atoms with E-state index >= 15 is 0 Å². The van der Waals surface area contributed by atoms with Gasteiger partial charge in [0.2, 0.25) is 0 Å². The molecule has 100 valence electrons. The van der Waals surface area contributed by atoms with E-state index in [4.69, 9.17) is 5.10 Å². The Balaban J connectivity index is 2.10. The first-order chi connectivity index (χ1) is 9.29. The molecule has 0 aliphatic carbocycles. The average Bonchev–Trinajstić information content (AvgIpc) is 2.61. The van der Waals surface area contributed by atoms with Crippen molar-refractivity contribution in [3.63, 3.8) is 0 Å². The van der Waals surface area contributed by atoms with Crippen LogP contribution in [0.2, 0.25) is 0 Å². The van der Waals surface area contributed by atoms with Gasteiger partial charge in [0, 0.05) is 15.7 Å². The molecule has 2 heterocycles. The molecular formula is C15H18IN3. The van der Waals surface area contributed by atoms with Crippen LogP contribution in [0.15, 0.2) is 24.3 Å². The highest BCUT2D eigenvalue weighted by Gasteiger charge is 2.19. The molecule has 1 aromatic carbocycles. The van der Waals surface area contributed by atoms with E-state index in [1.807, 2.05) is 0 Å². The normalized spacial score (nSPS) is 14.6. The highest BCUT2D eigenvalue weighted by atomic mass is 127. The predicted molar refractivity (Wildman–Crippen MR) is 87.1 cm³/mol. The third kappa shape index (κ3) is 2.50. The topological polar surface area (TPSA) is 29.9 Å². The number of rotatable bonds is 2. The second-order valence-electron chi connectivity index (χ2n) is 4.90. The number of nitrogens with zero attached hydrogens (tertiary/aromatic N) is 2. The second kappa shape index (κ2) is 5.53. The maximum atomic E-state index is 4.80. The van der Waals surface area contributed by atoms with Crippen LogP contribution in [-0.4, -0.2) is 16.3 Å². The van der Waals surface area contributed by atoms with Gasteiger partial charge in [-0.15, -0.1) is 0 Å². The number of aromatic nitrogens is 2. The van der Waals surface area contributed by atoms with E-state index in [0.29, 0.717) is 0 Å². The smallest absolute Gasteiger partial charge is 0.133 e. The van der Waals surface area contributed by atoms with Crippen molar-refractivity contribution in [2.45, 2.75) is 32.6 Å². The molecule has 0 atom stereocenters. The fourth-order valence-corrected chi connectivity index (χ4v) is 2.99. The lowest BCUT2D eigenvalue weighted by atomic mass is 10.1. The number of hydrogen-bond acceptors (Lipinski definition) is 2. The first-order valence-electron chi connectivity index (χ1n) is 6.90. The SMILES string of the molecule is CCc1nn(-c2ccc(I)cc2)c2c1CCCCN2. The van der Waals surface area contributed by atoms with Crippen LogP contribution in [-0.2, 0) is 12.8 Å². The van der Waals surface area contributed by atoms with Gasteiger partial charge in [0.05, 0.1) is 11.4 Å². The summed E-state index contributed by atoms with van der Waals surface area (Å²) in [6.07, 6.45) is 4.65. The van der Waals surface area contributed by atoms with Crippen molar-refractivity contribution in [3.8, 4) is 5.69 Å². The number of anilines is 1. The first kappa shape index (κ1) is 13.0. The van der Waals surface area contributed by atoms with Gasteiger partial charge < -0.3 is 5.32 Å². The molecule has 1 N–H and O–H groups in total. The fourth-order valence-electron chi connectivity index (χ4n) is 2.63. The molecule has 4 heteroatoms. The molecule has 3 nitrogen and oxygen atoms in total. The number of halogens is 1. The quantitative estimate of drug-likeness (QED) is 0.819. The number of benzene rings is 1. The molecule has 0 saturated heterocycles. The second-order valence-corrected chi connectivity index (χ2v) is 6.15. The molecule has 0 unspecified atom stereocenters. The average molecular weight is 367 g/mol. The molecule has 0 spiro atoms. The van der Waals surface area contributed by atoms with Crippen LogP contribution in [0.25, 0.3) is 5.69 Å². The van der Waals surface area contributed by atoms with Crippen molar-refractivity contribution >= 4 is 28.4 Å². The summed E-state index contributed by atoms with van der Waals surface area (Å²) in [5, 5.41) is 8.36. The van der Waals surface area contributed by atoms with E-state index in [1.165, 1.54) is 33.5 Å². The van der Waals surface area contributed by atoms with Crippen LogP contribution < -0.4 is 5.32 Å². The summed E-state index contributed by atoms with van der Waals surface area (Å²) in [5.41, 5.74) is 3.80. The number of fused-ring (bicyclic) bond motifs is 1. The third-order valence-corrected chi connectivity index (χ3v) is 4.34. The maximum absolute atomic E-state index is 4.80. The van der Waals surface area contributed by atoms with Gasteiger partial charge in [-0.05, 0) is 72.5 Å². The van der Waals surface area contributed by atoms with Crippen molar-refractivity contribution in [3.05, 3.63) is 39.1 Å². The molecule has 19 heavy (non-hydrogen) atoms. The lowest BCUT2D eigenvalue weighted by molar-refractivity contribution is 0.765. The summed E-state index contributed by atoms with van der Waals surface area (Å²) in [5.74, 6) is 1.20. The van der Waals surface area contributed by atoms with Gasteiger partial charge in [0.1, 0.15) is 5.82 Å². The molecule has 0 amide bonds. The summed E-state index contributed by atoms with van der Waals surface area (Å²) in [7, 11) is 0. The molecule has 2 aromatic rings. The Labute approximate surface area is 127 Å². The van der Waals surface area contributed by atoms with Gasteiger partial charge in [-0.2, -0.15) is 5.10 Å². The third-order valence-electron chi connectivity index (χ3n) is 3.62. The molecule has 1 aliphatic rings. The Morgan fingerprint density at radius 1 is 1.26 bits per heavy atom. The minimum atomic E-state index is 1.00. The van der Waals surface area contributed by atoms with Crippen molar-refractivity contribution in [2.24, 2.45) is 0 Å². The summed E-state index contributed by atoms with van der Waals surface area (Å²) in [6.45, 7) is 3.23. The Morgan fingerprint density at radius 2 is 2.05 bits per heavy atom. The summed E-state index contributed by atoms with van der Waals surface area (Å²) < 4.78 is 3.33. The monoisotopic (exact) mass is 367 g/mol. The number of aryl methyl sites for hydroxylation is 1. The summed E-state index contributed by atoms with van der Waals surface area (Å²) in [6, 6.07) is 8.54. The zero-order valence-electron chi connectivity index (χ0n) is 11.1. The van der Waals surface area contributed by atoms with E-state index in [9.17, 15) is 0 Å². The van der Waals surface area contributed by atoms with Crippen LogP contribution in [0.3, 0.4) is 0 Å². The number of nitrogens with one attached hydrogen (secondary N) is 1. The van der Waals surface area contributed by atoms with E-state index in [2.05, 4.69) is 63.8 Å². The minimum absolute atomic E-state index is 1.00. The number of hydrogen-bond donors (Lipinski definition) is 1. The Hall–Kier alpha value is -1.04. The zero-order valence-corrected chi connectivity index (χ0v) is 13.3. The molecule has 0 radical (unpaired) electrons. The lowest BCUT2D eigenvalue weighted by Gasteiger charge is -2.09. The van der Waals surface area contributed by atoms with Gasteiger partial charge in [0.15, 0.2) is 0 Å². The van der Waals surface area contributed by atoms with E-state index < -0.39 is 0 Å². The van der Waals surface area contributed by atoms with Crippen LogP contribution in [0.1, 0.15) is 31.0 Å². The molecular weight excluding hydrogens is 349 g/mol. The van der Waals surface area contributed by atoms with Crippen molar-refractivity contribution in [1.82, 2.24) is 9.78 Å². The molecule has 1 aromatic heterocycles. The van der Waals surface area contributed by atoms with Gasteiger partial charge in [-0.25, -0.2) is 4.68 Å². The standard InChI is InChI=1S/C15H18IN3/c1-2-14-13-5-3-4-10-17-15(13)19(18-14)12-8-6-11(16)7-9-12/h6-9,17H,2-5,10H2,1H3. The Kier molecular flexibility index (Phi) is 3.77. The molecule has 0 fully saturated rings. The zero-order chi connectivity index (χ0) is 13.2. The van der Waals surface area contributed by atoms with Crippen molar-refractivity contribution < 1.29 is 0 Å². The highest BCUT2D eigenvalue weighted by molar-refractivity contribution is 14.1. The fraction of sp³-hybridized carbons (Fsp3) is 0.400. The van der Waals surface area contributed by atoms with E-state index in [0.717, 1.165) is 25.1 Å². The minimum Gasteiger partial charge on any atom is -0.370 e. The molecule has 0 saturated carbocycles. The summed E-state index contributed by atoms with van der Waals surface area (Å²) in [4.78, 5) is 0.